The summed E-state index contributed by atoms with van der Waals surface area (Å²) >= 11 is 0. The fourth-order valence-corrected chi connectivity index (χ4v) is 2.55. The lowest BCUT2D eigenvalue weighted by atomic mass is 9.74. The molecule has 90 valence electrons. The van der Waals surface area contributed by atoms with Gasteiger partial charge in [-0.15, -0.1) is 0 Å². The Morgan fingerprint density at radius 1 is 1.50 bits per heavy atom. The van der Waals surface area contributed by atoms with Gasteiger partial charge in [0.05, 0.1) is 0 Å². The maximum atomic E-state index is 11.2. The lowest BCUT2D eigenvalue weighted by Gasteiger charge is -2.31. The van der Waals surface area contributed by atoms with Crippen LogP contribution in [0.25, 0.3) is 0 Å². The number of carboxylic acid groups (broad SMARTS) is 1. The van der Waals surface area contributed by atoms with E-state index in [0.717, 1.165) is 24.8 Å². The second kappa shape index (κ2) is 5.33. The number of hydrogen-bond acceptors (Lipinski definition) is 1. The first-order valence-corrected chi connectivity index (χ1v) is 6.07. The van der Waals surface area contributed by atoms with Gasteiger partial charge in [-0.3, -0.25) is 0 Å². The Morgan fingerprint density at radius 2 is 2.12 bits per heavy atom. The highest BCUT2D eigenvalue weighted by atomic mass is 16.4. The van der Waals surface area contributed by atoms with E-state index in [0.29, 0.717) is 23.8 Å². The van der Waals surface area contributed by atoms with Crippen LogP contribution in [0.2, 0.25) is 0 Å². The zero-order valence-corrected chi connectivity index (χ0v) is 10.5. The van der Waals surface area contributed by atoms with Crippen molar-refractivity contribution in [2.75, 3.05) is 0 Å². The maximum Gasteiger partial charge on any atom is 0.331 e. The van der Waals surface area contributed by atoms with Gasteiger partial charge in [0.15, 0.2) is 0 Å². The minimum absolute atomic E-state index is 0.418. The van der Waals surface area contributed by atoms with Crippen LogP contribution in [0.15, 0.2) is 23.3 Å². The molecule has 0 bridgehead atoms. The minimum Gasteiger partial charge on any atom is -0.478 e. The van der Waals surface area contributed by atoms with E-state index < -0.39 is 5.97 Å². The zero-order valence-electron chi connectivity index (χ0n) is 10.5. The molecule has 0 heterocycles. The van der Waals surface area contributed by atoms with E-state index in [1.165, 1.54) is 5.57 Å². The molecule has 1 N–H and O–H groups in total. The number of carboxylic acids is 1. The van der Waals surface area contributed by atoms with Crippen LogP contribution in [-0.4, -0.2) is 11.1 Å². The van der Waals surface area contributed by atoms with E-state index in [2.05, 4.69) is 13.5 Å². The Bertz CT molecular complexity index is 326. The third-order valence-electron chi connectivity index (χ3n) is 3.71. The summed E-state index contributed by atoms with van der Waals surface area (Å²) in [7, 11) is 0. The van der Waals surface area contributed by atoms with E-state index in [9.17, 15) is 9.90 Å². The molecule has 1 saturated carbocycles. The molecule has 1 aliphatic carbocycles. The van der Waals surface area contributed by atoms with Crippen molar-refractivity contribution in [1.29, 1.82) is 0 Å². The molecule has 0 aromatic carbocycles. The van der Waals surface area contributed by atoms with Crippen LogP contribution in [0, 0.1) is 11.8 Å². The van der Waals surface area contributed by atoms with Crippen LogP contribution in [0.4, 0.5) is 0 Å². The lowest BCUT2D eigenvalue weighted by Crippen LogP contribution is -2.19. The van der Waals surface area contributed by atoms with Crippen molar-refractivity contribution in [3.8, 4) is 0 Å². The van der Waals surface area contributed by atoms with Gasteiger partial charge < -0.3 is 5.11 Å². The molecule has 1 fully saturated rings. The molecule has 2 unspecified atom stereocenters. The highest BCUT2D eigenvalue weighted by Crippen LogP contribution is 2.38. The van der Waals surface area contributed by atoms with Gasteiger partial charge in [-0.1, -0.05) is 31.6 Å². The minimum atomic E-state index is -0.744. The monoisotopic (exact) mass is 222 g/mol. The molecule has 0 aromatic rings. The van der Waals surface area contributed by atoms with E-state index in [4.69, 9.17) is 0 Å². The summed E-state index contributed by atoms with van der Waals surface area (Å²) in [6.45, 7) is 10.1. The largest absolute Gasteiger partial charge is 0.478 e. The first kappa shape index (κ1) is 13.0. The molecular formula is C14H22O2. The molecule has 0 spiro atoms. The number of hydrogen-bond donors (Lipinski definition) is 1. The molecule has 0 aliphatic heterocycles. The summed E-state index contributed by atoms with van der Waals surface area (Å²) in [6.07, 6.45) is 3.75. The van der Waals surface area contributed by atoms with Crippen LogP contribution < -0.4 is 0 Å². The third-order valence-corrected chi connectivity index (χ3v) is 3.71. The quantitative estimate of drug-likeness (QED) is 0.582. The van der Waals surface area contributed by atoms with Gasteiger partial charge in [0.25, 0.3) is 0 Å². The fraction of sp³-hybridized carbons (Fsp3) is 0.643. The molecule has 0 radical (unpaired) electrons. The zero-order chi connectivity index (χ0) is 12.3. The maximum absolute atomic E-state index is 11.2. The molecular weight excluding hydrogens is 200 g/mol. The van der Waals surface area contributed by atoms with Crippen molar-refractivity contribution in [2.24, 2.45) is 11.8 Å². The molecule has 2 atom stereocenters. The van der Waals surface area contributed by atoms with Crippen molar-refractivity contribution in [2.45, 2.75) is 46.5 Å². The number of carbonyl (C=O) groups is 1. The summed E-state index contributed by atoms with van der Waals surface area (Å²) in [6, 6.07) is 0. The second-order valence-corrected chi connectivity index (χ2v) is 4.89. The number of allylic oxidation sites excluding steroid dienone is 2. The highest BCUT2D eigenvalue weighted by molar-refractivity contribution is 5.87. The van der Waals surface area contributed by atoms with Crippen molar-refractivity contribution < 1.29 is 9.90 Å². The molecule has 0 amide bonds. The van der Waals surface area contributed by atoms with E-state index in [1.807, 2.05) is 13.8 Å². The van der Waals surface area contributed by atoms with Crippen molar-refractivity contribution in [1.82, 2.24) is 0 Å². The van der Waals surface area contributed by atoms with Crippen molar-refractivity contribution >= 4 is 5.97 Å². The van der Waals surface area contributed by atoms with Crippen molar-refractivity contribution in [3.63, 3.8) is 0 Å². The number of rotatable bonds is 3. The van der Waals surface area contributed by atoms with E-state index in [1.54, 1.807) is 0 Å². The fourth-order valence-electron chi connectivity index (χ4n) is 2.55. The lowest BCUT2D eigenvalue weighted by molar-refractivity contribution is -0.132. The molecule has 0 aromatic heterocycles. The Kier molecular flexibility index (Phi) is 4.34. The second-order valence-electron chi connectivity index (χ2n) is 4.89. The smallest absolute Gasteiger partial charge is 0.331 e. The first-order valence-electron chi connectivity index (χ1n) is 6.07. The SMILES string of the molecule is C=C(C)C1CCC(C)/C(=C(/CC)C(=O)O)C1. The van der Waals surface area contributed by atoms with Gasteiger partial charge in [0.1, 0.15) is 0 Å². The van der Waals surface area contributed by atoms with Crippen LogP contribution in [0.3, 0.4) is 0 Å². The molecule has 1 rings (SSSR count). The average molecular weight is 222 g/mol. The molecule has 2 heteroatoms. The molecule has 2 nitrogen and oxygen atoms in total. The predicted molar refractivity (Wildman–Crippen MR) is 66.3 cm³/mol. The van der Waals surface area contributed by atoms with Gasteiger partial charge in [0, 0.05) is 5.57 Å². The van der Waals surface area contributed by atoms with Crippen LogP contribution in [0.5, 0.6) is 0 Å². The Labute approximate surface area is 98.1 Å². The Balaban J connectivity index is 2.99. The molecule has 0 saturated heterocycles. The highest BCUT2D eigenvalue weighted by Gasteiger charge is 2.26. The summed E-state index contributed by atoms with van der Waals surface area (Å²) in [4.78, 5) is 11.2. The number of aliphatic carboxylic acids is 1. The Hall–Kier alpha value is -1.05. The predicted octanol–water partition coefficient (Wildman–Crippen LogP) is 3.79. The Morgan fingerprint density at radius 3 is 2.56 bits per heavy atom. The average Bonchev–Trinajstić information content (AvgIpc) is 2.20. The van der Waals surface area contributed by atoms with Gasteiger partial charge in [-0.25, -0.2) is 4.79 Å². The van der Waals surface area contributed by atoms with Crippen LogP contribution >= 0.6 is 0 Å². The summed E-state index contributed by atoms with van der Waals surface area (Å²) in [5.74, 6) is 0.153. The van der Waals surface area contributed by atoms with Gasteiger partial charge >= 0.3 is 5.97 Å². The van der Waals surface area contributed by atoms with E-state index in [-0.39, 0.29) is 0 Å². The third kappa shape index (κ3) is 2.75. The van der Waals surface area contributed by atoms with Crippen LogP contribution in [0.1, 0.15) is 46.5 Å². The van der Waals surface area contributed by atoms with Crippen LogP contribution in [-0.2, 0) is 4.79 Å². The van der Waals surface area contributed by atoms with Gasteiger partial charge in [0.2, 0.25) is 0 Å². The summed E-state index contributed by atoms with van der Waals surface area (Å²) < 4.78 is 0. The normalized spacial score (nSPS) is 28.7. The van der Waals surface area contributed by atoms with Gasteiger partial charge in [-0.05, 0) is 44.4 Å². The first-order chi connectivity index (χ1) is 7.47. The summed E-state index contributed by atoms with van der Waals surface area (Å²) in [5.41, 5.74) is 2.96. The van der Waals surface area contributed by atoms with Crippen molar-refractivity contribution in [3.05, 3.63) is 23.3 Å². The molecule has 1 aliphatic rings. The standard InChI is InChI=1S/C14H22O2/c1-5-12(14(15)16)13-8-11(9(2)3)7-6-10(13)4/h10-11H,2,5-8H2,1,3-4H3,(H,15,16)/b13-12-. The summed E-state index contributed by atoms with van der Waals surface area (Å²) in [5, 5.41) is 9.19. The topological polar surface area (TPSA) is 37.3 Å². The van der Waals surface area contributed by atoms with Gasteiger partial charge in [-0.2, -0.15) is 0 Å². The molecule has 16 heavy (non-hydrogen) atoms. The van der Waals surface area contributed by atoms with E-state index >= 15 is 0 Å².